The first-order valence-electron chi connectivity index (χ1n) is 11.3. The van der Waals surface area contributed by atoms with Crippen LogP contribution in [0.3, 0.4) is 0 Å². The fourth-order valence-electron chi connectivity index (χ4n) is 4.62. The van der Waals surface area contributed by atoms with E-state index in [2.05, 4.69) is 25.6 Å². The van der Waals surface area contributed by atoms with E-state index in [9.17, 15) is 18.7 Å². The predicted octanol–water partition coefficient (Wildman–Crippen LogP) is 3.41. The van der Waals surface area contributed by atoms with Gasteiger partial charge in [0.15, 0.2) is 0 Å². The molecule has 9 heteroatoms. The summed E-state index contributed by atoms with van der Waals surface area (Å²) in [4.78, 5) is 25.3. The van der Waals surface area contributed by atoms with Crippen molar-refractivity contribution in [2.24, 2.45) is 0 Å². The molecular weight excluding hydrogens is 440 g/mol. The van der Waals surface area contributed by atoms with Crippen LogP contribution >= 0.6 is 0 Å². The van der Waals surface area contributed by atoms with Gasteiger partial charge in [-0.2, -0.15) is 0 Å². The third-order valence-electron chi connectivity index (χ3n) is 6.63. The second-order valence-electron chi connectivity index (χ2n) is 9.15. The minimum atomic E-state index is -0.981. The molecule has 0 spiro atoms. The summed E-state index contributed by atoms with van der Waals surface area (Å²) >= 11 is 0. The molecule has 0 radical (unpaired) electrons. The summed E-state index contributed by atoms with van der Waals surface area (Å²) in [7, 11) is 0. The molecule has 0 atom stereocenters. The first-order chi connectivity index (χ1) is 16.4. The molecular formula is C25H25F2N5O2. The van der Waals surface area contributed by atoms with Gasteiger partial charge in [0, 0.05) is 47.7 Å². The third-order valence-corrected chi connectivity index (χ3v) is 6.63. The van der Waals surface area contributed by atoms with E-state index in [1.165, 1.54) is 18.3 Å². The van der Waals surface area contributed by atoms with Gasteiger partial charge in [0.1, 0.15) is 12.0 Å². The largest absolute Gasteiger partial charge is 0.393 e. The zero-order chi connectivity index (χ0) is 23.7. The number of hydrogen-bond acceptors (Lipinski definition) is 6. The molecule has 2 aliphatic carbocycles. The van der Waals surface area contributed by atoms with Crippen molar-refractivity contribution in [1.29, 1.82) is 0 Å². The minimum absolute atomic E-state index is 0.00560. The lowest BCUT2D eigenvalue weighted by Gasteiger charge is -2.43. The fraction of sp³-hybridized carbons (Fsp3) is 0.360. The van der Waals surface area contributed by atoms with Crippen LogP contribution in [-0.4, -0.2) is 50.8 Å². The van der Waals surface area contributed by atoms with E-state index in [0.29, 0.717) is 24.4 Å². The van der Waals surface area contributed by atoms with E-state index in [4.69, 9.17) is 0 Å². The SMILES string of the molecule is O=C(NC1CC(O)C1)c1cccc(-c2cnc(NC[C@]3(c4ncccc4F)C[C@H](F)C3)nc2)c1. The third kappa shape index (κ3) is 4.48. The number of rotatable bonds is 7. The van der Waals surface area contributed by atoms with Gasteiger partial charge in [0.25, 0.3) is 5.91 Å². The number of hydrogen-bond donors (Lipinski definition) is 3. The van der Waals surface area contributed by atoms with Crippen LogP contribution in [0.1, 0.15) is 41.7 Å². The summed E-state index contributed by atoms with van der Waals surface area (Å²) < 4.78 is 28.1. The first kappa shape index (κ1) is 22.3. The normalized spacial score (nSPS) is 25.7. The number of aliphatic hydroxyl groups is 1. The molecule has 0 bridgehead atoms. The molecule has 1 amide bonds. The number of halogens is 2. The summed E-state index contributed by atoms with van der Waals surface area (Å²) in [6.45, 7) is 0.270. The minimum Gasteiger partial charge on any atom is -0.393 e. The highest BCUT2D eigenvalue weighted by atomic mass is 19.1. The Kier molecular flexibility index (Phi) is 5.95. The zero-order valence-corrected chi connectivity index (χ0v) is 18.4. The molecule has 3 N–H and O–H groups in total. The molecule has 0 unspecified atom stereocenters. The number of anilines is 1. The van der Waals surface area contributed by atoms with E-state index < -0.39 is 17.4 Å². The van der Waals surface area contributed by atoms with Crippen LogP contribution in [-0.2, 0) is 5.41 Å². The molecule has 0 saturated heterocycles. The number of nitrogens with one attached hydrogen (secondary N) is 2. The zero-order valence-electron chi connectivity index (χ0n) is 18.4. The summed E-state index contributed by atoms with van der Waals surface area (Å²) in [6.07, 6.45) is 5.03. The highest BCUT2D eigenvalue weighted by Gasteiger charge is 2.48. The second kappa shape index (κ2) is 9.06. The molecule has 34 heavy (non-hydrogen) atoms. The Morgan fingerprint density at radius 3 is 2.53 bits per heavy atom. The van der Waals surface area contributed by atoms with Crippen molar-refractivity contribution in [3.05, 3.63) is 72.1 Å². The quantitative estimate of drug-likeness (QED) is 0.495. The Bertz CT molecular complexity index is 1180. The average Bonchev–Trinajstić information content (AvgIpc) is 2.81. The standard InChI is InChI=1S/C25H25F2N5O2/c26-18-10-25(11-18,22-21(27)5-2-6-28-22)14-31-24-29-12-17(13-30-24)15-3-1-4-16(7-15)23(34)32-19-8-20(33)9-19/h1-7,12-13,18-20,33H,8-11,14H2,(H,32,34)(H,29,30,31)/t18-,19?,20?,25-. The maximum absolute atomic E-state index is 14.3. The van der Waals surface area contributed by atoms with Crippen molar-refractivity contribution in [3.63, 3.8) is 0 Å². The Balaban J connectivity index is 1.25. The summed E-state index contributed by atoms with van der Waals surface area (Å²) in [5.41, 5.74) is 1.58. The molecule has 2 aromatic heterocycles. The van der Waals surface area contributed by atoms with Crippen molar-refractivity contribution < 1.29 is 18.7 Å². The van der Waals surface area contributed by atoms with Gasteiger partial charge in [-0.1, -0.05) is 12.1 Å². The van der Waals surface area contributed by atoms with Crippen LogP contribution in [0.15, 0.2) is 55.0 Å². The van der Waals surface area contributed by atoms with Gasteiger partial charge in [-0.05, 0) is 55.5 Å². The molecule has 5 rings (SSSR count). The predicted molar refractivity (Wildman–Crippen MR) is 122 cm³/mol. The monoisotopic (exact) mass is 465 g/mol. The van der Waals surface area contributed by atoms with Crippen LogP contribution in [0.5, 0.6) is 0 Å². The molecule has 3 aromatic rings. The molecule has 2 saturated carbocycles. The maximum atomic E-state index is 14.3. The highest BCUT2D eigenvalue weighted by molar-refractivity contribution is 5.95. The molecule has 7 nitrogen and oxygen atoms in total. The number of aliphatic hydroxyl groups excluding tert-OH is 1. The van der Waals surface area contributed by atoms with Crippen molar-refractivity contribution in [1.82, 2.24) is 20.3 Å². The second-order valence-corrected chi connectivity index (χ2v) is 9.15. The van der Waals surface area contributed by atoms with Gasteiger partial charge in [-0.25, -0.2) is 18.7 Å². The number of benzene rings is 1. The Morgan fingerprint density at radius 2 is 1.85 bits per heavy atom. The van der Waals surface area contributed by atoms with Gasteiger partial charge in [-0.3, -0.25) is 9.78 Å². The van der Waals surface area contributed by atoms with Crippen LogP contribution < -0.4 is 10.6 Å². The van der Waals surface area contributed by atoms with Gasteiger partial charge < -0.3 is 15.7 Å². The smallest absolute Gasteiger partial charge is 0.251 e. The summed E-state index contributed by atoms with van der Waals surface area (Å²) in [6, 6.07) is 10.0. The van der Waals surface area contributed by atoms with Gasteiger partial charge >= 0.3 is 0 Å². The topological polar surface area (TPSA) is 100 Å². The number of nitrogens with zero attached hydrogens (tertiary/aromatic N) is 3. The Hall–Kier alpha value is -3.46. The first-order valence-corrected chi connectivity index (χ1v) is 11.3. The number of carbonyl (C=O) groups is 1. The summed E-state index contributed by atoms with van der Waals surface area (Å²) in [5, 5.41) is 15.4. The number of amides is 1. The van der Waals surface area contributed by atoms with Gasteiger partial charge in [0.05, 0.1) is 11.8 Å². The Labute approximate surface area is 195 Å². The molecule has 0 aliphatic heterocycles. The number of carbonyl (C=O) groups excluding carboxylic acids is 1. The lowest BCUT2D eigenvalue weighted by atomic mass is 9.65. The number of pyridine rings is 1. The number of aromatic nitrogens is 3. The van der Waals surface area contributed by atoms with Crippen LogP contribution in [0.4, 0.5) is 14.7 Å². The lowest BCUT2D eigenvalue weighted by Crippen LogP contribution is -2.49. The van der Waals surface area contributed by atoms with Gasteiger partial charge in [-0.15, -0.1) is 0 Å². The van der Waals surface area contributed by atoms with Crippen LogP contribution in [0.25, 0.3) is 11.1 Å². The van der Waals surface area contributed by atoms with E-state index in [0.717, 1.165) is 11.1 Å². The van der Waals surface area contributed by atoms with E-state index in [1.807, 2.05) is 6.07 Å². The lowest BCUT2D eigenvalue weighted by molar-refractivity contribution is 0.0562. The average molecular weight is 466 g/mol. The Morgan fingerprint density at radius 1 is 1.09 bits per heavy atom. The highest BCUT2D eigenvalue weighted by Crippen LogP contribution is 2.45. The van der Waals surface area contributed by atoms with Crippen LogP contribution in [0, 0.1) is 5.82 Å². The number of alkyl halides is 1. The van der Waals surface area contributed by atoms with Crippen LogP contribution in [0.2, 0.25) is 0 Å². The summed E-state index contributed by atoms with van der Waals surface area (Å²) in [5.74, 6) is -0.277. The molecule has 1 aromatic carbocycles. The molecule has 176 valence electrons. The fourth-order valence-corrected chi connectivity index (χ4v) is 4.62. The van der Waals surface area contributed by atoms with E-state index in [-0.39, 0.29) is 43.1 Å². The van der Waals surface area contributed by atoms with E-state index >= 15 is 0 Å². The molecule has 2 aliphatic rings. The van der Waals surface area contributed by atoms with Crippen molar-refractivity contribution in [3.8, 4) is 11.1 Å². The van der Waals surface area contributed by atoms with E-state index in [1.54, 1.807) is 30.6 Å². The molecule has 2 heterocycles. The van der Waals surface area contributed by atoms with Crippen molar-refractivity contribution in [2.45, 2.75) is 49.4 Å². The van der Waals surface area contributed by atoms with Crippen molar-refractivity contribution in [2.75, 3.05) is 11.9 Å². The maximum Gasteiger partial charge on any atom is 0.251 e. The molecule has 2 fully saturated rings. The van der Waals surface area contributed by atoms with Crippen molar-refractivity contribution >= 4 is 11.9 Å². The van der Waals surface area contributed by atoms with Gasteiger partial charge in [0.2, 0.25) is 5.95 Å².